The fourth-order valence-electron chi connectivity index (χ4n) is 2.79. The molecule has 2 amide bonds. The summed E-state index contributed by atoms with van der Waals surface area (Å²) in [6, 6.07) is 0.0817. The first-order valence-corrected chi connectivity index (χ1v) is 6.86. The molecular weight excluding hydrogens is 216 g/mol. The van der Waals surface area contributed by atoms with Crippen LogP contribution in [0.1, 0.15) is 39.0 Å². The van der Waals surface area contributed by atoms with E-state index in [2.05, 4.69) is 12.2 Å². The molecule has 2 atom stereocenters. The highest BCUT2D eigenvalue weighted by molar-refractivity contribution is 5.74. The van der Waals surface area contributed by atoms with Crippen molar-refractivity contribution in [3.05, 3.63) is 0 Å². The van der Waals surface area contributed by atoms with Crippen LogP contribution in [0.3, 0.4) is 0 Å². The molecule has 0 spiro atoms. The Kier molecular flexibility index (Phi) is 4.26. The Hall–Kier alpha value is -0.770. The number of carbonyl (C=O) groups excluding carboxylic acids is 1. The standard InChI is InChI=1S/C13H24N2O2/c1-10-4-6-15(7-5-10)13(17)14-9-11-2-3-12(16)8-11/h10-12,16H,2-9H2,1H3,(H,14,17). The van der Waals surface area contributed by atoms with Crippen LogP contribution in [0.5, 0.6) is 0 Å². The highest BCUT2D eigenvalue weighted by atomic mass is 16.3. The molecule has 0 aromatic carbocycles. The zero-order valence-corrected chi connectivity index (χ0v) is 10.7. The average Bonchev–Trinajstić information content (AvgIpc) is 2.73. The zero-order valence-electron chi connectivity index (χ0n) is 10.7. The van der Waals surface area contributed by atoms with Gasteiger partial charge in [-0.05, 0) is 43.9 Å². The number of likely N-dealkylation sites (tertiary alicyclic amines) is 1. The van der Waals surface area contributed by atoms with Crippen LogP contribution < -0.4 is 5.32 Å². The first kappa shape index (κ1) is 12.7. The van der Waals surface area contributed by atoms with Crippen molar-refractivity contribution in [2.24, 2.45) is 11.8 Å². The van der Waals surface area contributed by atoms with E-state index in [9.17, 15) is 9.90 Å². The highest BCUT2D eigenvalue weighted by Gasteiger charge is 2.25. The first-order chi connectivity index (χ1) is 8.15. The van der Waals surface area contributed by atoms with E-state index in [4.69, 9.17) is 0 Å². The summed E-state index contributed by atoms with van der Waals surface area (Å²) in [4.78, 5) is 13.8. The van der Waals surface area contributed by atoms with Crippen LogP contribution in [0.15, 0.2) is 0 Å². The average molecular weight is 240 g/mol. The van der Waals surface area contributed by atoms with Gasteiger partial charge in [-0.25, -0.2) is 4.79 Å². The molecular formula is C13H24N2O2. The molecule has 1 saturated carbocycles. The predicted molar refractivity (Wildman–Crippen MR) is 66.7 cm³/mol. The number of aliphatic hydroxyl groups excluding tert-OH is 1. The Morgan fingerprint density at radius 1 is 1.29 bits per heavy atom. The van der Waals surface area contributed by atoms with E-state index in [0.29, 0.717) is 5.92 Å². The minimum absolute atomic E-state index is 0.0817. The summed E-state index contributed by atoms with van der Waals surface area (Å²) < 4.78 is 0. The summed E-state index contributed by atoms with van der Waals surface area (Å²) in [6.45, 7) is 4.75. The molecule has 1 aliphatic heterocycles. The van der Waals surface area contributed by atoms with Crippen LogP contribution in [0.4, 0.5) is 4.79 Å². The van der Waals surface area contributed by atoms with Gasteiger partial charge in [0.15, 0.2) is 0 Å². The maximum Gasteiger partial charge on any atom is 0.317 e. The van der Waals surface area contributed by atoms with Gasteiger partial charge in [-0.15, -0.1) is 0 Å². The predicted octanol–water partition coefficient (Wildman–Crippen LogP) is 1.59. The van der Waals surface area contributed by atoms with Gasteiger partial charge in [-0.2, -0.15) is 0 Å². The topological polar surface area (TPSA) is 52.6 Å². The van der Waals surface area contributed by atoms with E-state index >= 15 is 0 Å². The lowest BCUT2D eigenvalue weighted by atomic mass is 10.00. The smallest absolute Gasteiger partial charge is 0.317 e. The number of hydrogen-bond acceptors (Lipinski definition) is 2. The highest BCUT2D eigenvalue weighted by Crippen LogP contribution is 2.24. The number of hydrogen-bond donors (Lipinski definition) is 2. The molecule has 98 valence electrons. The second-order valence-corrected chi connectivity index (χ2v) is 5.69. The van der Waals surface area contributed by atoms with Crippen LogP contribution in [0.25, 0.3) is 0 Å². The minimum atomic E-state index is -0.146. The van der Waals surface area contributed by atoms with E-state index in [1.807, 2.05) is 4.90 Å². The number of aliphatic hydroxyl groups is 1. The fraction of sp³-hybridized carbons (Fsp3) is 0.923. The summed E-state index contributed by atoms with van der Waals surface area (Å²) >= 11 is 0. The van der Waals surface area contributed by atoms with E-state index in [1.54, 1.807) is 0 Å². The van der Waals surface area contributed by atoms with Crippen molar-refractivity contribution in [3.63, 3.8) is 0 Å². The Balaban J connectivity index is 1.67. The van der Waals surface area contributed by atoms with Crippen molar-refractivity contribution in [3.8, 4) is 0 Å². The van der Waals surface area contributed by atoms with Crippen LogP contribution in [0, 0.1) is 11.8 Å². The fourth-order valence-corrected chi connectivity index (χ4v) is 2.79. The van der Waals surface area contributed by atoms with Gasteiger partial charge in [0.25, 0.3) is 0 Å². The van der Waals surface area contributed by atoms with Crippen molar-refractivity contribution < 1.29 is 9.90 Å². The van der Waals surface area contributed by atoms with Crippen molar-refractivity contribution in [1.29, 1.82) is 0 Å². The van der Waals surface area contributed by atoms with Gasteiger partial charge < -0.3 is 15.3 Å². The maximum atomic E-state index is 11.9. The van der Waals surface area contributed by atoms with Gasteiger partial charge in [0.2, 0.25) is 0 Å². The minimum Gasteiger partial charge on any atom is -0.393 e. The molecule has 0 bridgehead atoms. The molecule has 4 nitrogen and oxygen atoms in total. The molecule has 2 rings (SSSR count). The molecule has 2 unspecified atom stereocenters. The number of piperidine rings is 1. The molecule has 2 fully saturated rings. The molecule has 0 aromatic heterocycles. The van der Waals surface area contributed by atoms with Gasteiger partial charge in [0, 0.05) is 19.6 Å². The quantitative estimate of drug-likeness (QED) is 0.770. The lowest BCUT2D eigenvalue weighted by molar-refractivity contribution is 0.168. The van der Waals surface area contributed by atoms with E-state index in [0.717, 1.165) is 57.7 Å². The number of urea groups is 1. The van der Waals surface area contributed by atoms with Gasteiger partial charge in [0.1, 0.15) is 0 Å². The Bertz CT molecular complexity index is 262. The van der Waals surface area contributed by atoms with Crippen LogP contribution in [-0.2, 0) is 0 Å². The number of rotatable bonds is 2. The molecule has 2 N–H and O–H groups in total. The van der Waals surface area contributed by atoms with Crippen molar-refractivity contribution in [2.75, 3.05) is 19.6 Å². The number of carbonyl (C=O) groups is 1. The van der Waals surface area contributed by atoms with E-state index < -0.39 is 0 Å². The summed E-state index contributed by atoms with van der Waals surface area (Å²) in [6.07, 6.45) is 4.87. The van der Waals surface area contributed by atoms with Gasteiger partial charge >= 0.3 is 6.03 Å². The van der Waals surface area contributed by atoms with Gasteiger partial charge in [-0.1, -0.05) is 6.92 Å². The Morgan fingerprint density at radius 2 is 2.00 bits per heavy atom. The number of nitrogens with one attached hydrogen (secondary N) is 1. The summed E-state index contributed by atoms with van der Waals surface area (Å²) in [5.74, 6) is 1.22. The largest absolute Gasteiger partial charge is 0.393 e. The van der Waals surface area contributed by atoms with Crippen molar-refractivity contribution in [1.82, 2.24) is 10.2 Å². The van der Waals surface area contributed by atoms with Gasteiger partial charge in [-0.3, -0.25) is 0 Å². The lowest BCUT2D eigenvalue weighted by Gasteiger charge is -2.30. The summed E-state index contributed by atoms with van der Waals surface area (Å²) in [5.41, 5.74) is 0. The first-order valence-electron chi connectivity index (χ1n) is 6.86. The third-order valence-corrected chi connectivity index (χ3v) is 4.13. The summed E-state index contributed by atoms with van der Waals surface area (Å²) in [5, 5.41) is 12.4. The third kappa shape index (κ3) is 3.60. The van der Waals surface area contributed by atoms with E-state index in [-0.39, 0.29) is 12.1 Å². The second kappa shape index (κ2) is 5.71. The number of nitrogens with zero attached hydrogens (tertiary/aromatic N) is 1. The molecule has 0 aromatic rings. The molecule has 2 aliphatic rings. The Morgan fingerprint density at radius 3 is 2.59 bits per heavy atom. The van der Waals surface area contributed by atoms with Crippen molar-refractivity contribution in [2.45, 2.75) is 45.1 Å². The monoisotopic (exact) mass is 240 g/mol. The molecule has 17 heavy (non-hydrogen) atoms. The van der Waals surface area contributed by atoms with Crippen LogP contribution >= 0.6 is 0 Å². The zero-order chi connectivity index (χ0) is 12.3. The molecule has 1 saturated heterocycles. The Labute approximate surface area is 103 Å². The molecule has 1 heterocycles. The molecule has 4 heteroatoms. The maximum absolute atomic E-state index is 11.9. The normalized spacial score (nSPS) is 30.6. The summed E-state index contributed by atoms with van der Waals surface area (Å²) in [7, 11) is 0. The number of amides is 2. The lowest BCUT2D eigenvalue weighted by Crippen LogP contribution is -2.45. The van der Waals surface area contributed by atoms with Gasteiger partial charge in [0.05, 0.1) is 6.10 Å². The van der Waals surface area contributed by atoms with Crippen LogP contribution in [0.2, 0.25) is 0 Å². The van der Waals surface area contributed by atoms with E-state index in [1.165, 1.54) is 0 Å². The van der Waals surface area contributed by atoms with Crippen LogP contribution in [-0.4, -0.2) is 41.8 Å². The second-order valence-electron chi connectivity index (χ2n) is 5.69. The van der Waals surface area contributed by atoms with Crippen molar-refractivity contribution >= 4 is 6.03 Å². The molecule has 0 radical (unpaired) electrons. The SMILES string of the molecule is CC1CCN(C(=O)NCC2CCC(O)C2)CC1. The molecule has 1 aliphatic carbocycles. The third-order valence-electron chi connectivity index (χ3n) is 4.13.